The van der Waals surface area contributed by atoms with Gasteiger partial charge in [0.1, 0.15) is 5.65 Å². The fourth-order valence-electron chi connectivity index (χ4n) is 4.72. The highest BCUT2D eigenvalue weighted by molar-refractivity contribution is 6.06. The molecule has 8 heteroatoms. The van der Waals surface area contributed by atoms with Gasteiger partial charge in [0, 0.05) is 17.3 Å². The summed E-state index contributed by atoms with van der Waals surface area (Å²) in [6.45, 7) is 8.44. The Morgan fingerprint density at radius 2 is 1.86 bits per heavy atom. The molecule has 0 bridgehead atoms. The first-order valence-corrected chi connectivity index (χ1v) is 13.4. The largest absolute Gasteiger partial charge is 0.340 e. The van der Waals surface area contributed by atoms with Crippen LogP contribution in [0.15, 0.2) is 36.7 Å². The van der Waals surface area contributed by atoms with E-state index in [0.717, 1.165) is 68.3 Å². The van der Waals surface area contributed by atoms with Gasteiger partial charge in [0.15, 0.2) is 0 Å². The zero-order valence-corrected chi connectivity index (χ0v) is 22.2. The minimum atomic E-state index is -0.269. The van der Waals surface area contributed by atoms with Crippen molar-refractivity contribution in [3.8, 4) is 0 Å². The minimum Gasteiger partial charge on any atom is -0.340 e. The number of nitrogens with one attached hydrogen (secondary N) is 3. The average Bonchev–Trinajstić information content (AvgIpc) is 3.32. The van der Waals surface area contributed by atoms with Crippen molar-refractivity contribution in [2.45, 2.75) is 65.7 Å². The summed E-state index contributed by atoms with van der Waals surface area (Å²) in [6.07, 6.45) is 13.2. The van der Waals surface area contributed by atoms with Gasteiger partial charge in [-0.05, 0) is 75.9 Å². The molecule has 1 fully saturated rings. The first kappa shape index (κ1) is 26.5. The molecular formula is C29H38N6O2. The van der Waals surface area contributed by atoms with Crippen LogP contribution in [0.1, 0.15) is 80.5 Å². The summed E-state index contributed by atoms with van der Waals surface area (Å²) < 4.78 is 0. The normalized spacial score (nSPS) is 14.6. The van der Waals surface area contributed by atoms with E-state index < -0.39 is 0 Å². The summed E-state index contributed by atoms with van der Waals surface area (Å²) >= 11 is 0. The number of hydrogen-bond acceptors (Lipinski definition) is 5. The molecular weight excluding hydrogens is 464 g/mol. The van der Waals surface area contributed by atoms with Gasteiger partial charge in [-0.25, -0.2) is 4.98 Å². The molecule has 0 saturated carbocycles. The predicted molar refractivity (Wildman–Crippen MR) is 150 cm³/mol. The molecule has 0 atom stereocenters. The lowest BCUT2D eigenvalue weighted by molar-refractivity contribution is -0.117. The first-order chi connectivity index (χ1) is 18.0. The van der Waals surface area contributed by atoms with Gasteiger partial charge in [0.2, 0.25) is 5.91 Å². The first-order valence-electron chi connectivity index (χ1n) is 13.4. The molecule has 4 heterocycles. The molecule has 3 aromatic rings. The number of anilines is 2. The van der Waals surface area contributed by atoms with Crippen LogP contribution in [0.4, 0.5) is 11.4 Å². The lowest BCUT2D eigenvalue weighted by atomic mass is 10.0. The fourth-order valence-corrected chi connectivity index (χ4v) is 4.72. The van der Waals surface area contributed by atoms with Crippen LogP contribution in [0.2, 0.25) is 0 Å². The lowest BCUT2D eigenvalue weighted by Gasteiger charge is -2.25. The molecule has 0 spiro atoms. The zero-order chi connectivity index (χ0) is 26.2. The van der Waals surface area contributed by atoms with Crippen molar-refractivity contribution in [2.75, 3.05) is 30.3 Å². The number of likely N-dealkylation sites (tertiary alicyclic amines) is 1. The van der Waals surface area contributed by atoms with E-state index >= 15 is 0 Å². The van der Waals surface area contributed by atoms with Gasteiger partial charge >= 0.3 is 0 Å². The maximum absolute atomic E-state index is 13.1. The number of pyridine rings is 2. The van der Waals surface area contributed by atoms with E-state index in [4.69, 9.17) is 0 Å². The van der Waals surface area contributed by atoms with Crippen LogP contribution in [0.25, 0.3) is 16.6 Å². The number of unbranched alkanes of at least 4 members (excludes halogenated alkanes) is 1. The number of carbonyl (C=O) groups is 2. The Labute approximate surface area is 219 Å². The number of aromatic nitrogens is 3. The second-order valence-electron chi connectivity index (χ2n) is 9.78. The predicted octanol–water partition coefficient (Wildman–Crippen LogP) is 5.93. The van der Waals surface area contributed by atoms with Crippen LogP contribution in [0.5, 0.6) is 0 Å². The van der Waals surface area contributed by atoms with E-state index in [2.05, 4.69) is 56.5 Å². The molecule has 2 amide bonds. The number of piperidine rings is 1. The van der Waals surface area contributed by atoms with Gasteiger partial charge in [-0.3, -0.25) is 19.5 Å². The third-order valence-electron chi connectivity index (χ3n) is 6.76. The smallest absolute Gasteiger partial charge is 0.257 e. The van der Waals surface area contributed by atoms with E-state index in [-0.39, 0.29) is 11.8 Å². The molecule has 1 aliphatic rings. The lowest BCUT2D eigenvalue weighted by Crippen LogP contribution is -2.36. The summed E-state index contributed by atoms with van der Waals surface area (Å²) in [5, 5.41) is 6.75. The van der Waals surface area contributed by atoms with E-state index in [0.29, 0.717) is 29.2 Å². The molecule has 8 nitrogen and oxygen atoms in total. The third-order valence-corrected chi connectivity index (χ3v) is 6.76. The summed E-state index contributed by atoms with van der Waals surface area (Å²) in [5.74, 6) is -0.340. The SMILES string of the molecule is CC/C=C(\CCCC)c1cc2cc(C(=O)Nc3cc(NC(=O)CN4CCCCC4)cnc3C)cnc2[nH]1. The molecule has 0 aliphatic carbocycles. The number of carbonyl (C=O) groups excluding carboxylic acids is 2. The summed E-state index contributed by atoms with van der Waals surface area (Å²) in [4.78, 5) is 40.1. The van der Waals surface area contributed by atoms with Gasteiger partial charge in [0.25, 0.3) is 5.91 Å². The number of aromatic amines is 1. The molecule has 0 radical (unpaired) electrons. The van der Waals surface area contributed by atoms with Gasteiger partial charge in [0.05, 0.1) is 35.4 Å². The van der Waals surface area contributed by atoms with Crippen molar-refractivity contribution in [1.82, 2.24) is 19.9 Å². The van der Waals surface area contributed by atoms with Gasteiger partial charge < -0.3 is 15.6 Å². The topological polar surface area (TPSA) is 103 Å². The summed E-state index contributed by atoms with van der Waals surface area (Å²) in [7, 11) is 0. The fraction of sp³-hybridized carbons (Fsp3) is 0.448. The highest BCUT2D eigenvalue weighted by Gasteiger charge is 2.16. The maximum atomic E-state index is 13.1. The summed E-state index contributed by atoms with van der Waals surface area (Å²) in [5.41, 5.74) is 5.37. The maximum Gasteiger partial charge on any atom is 0.257 e. The number of nitrogens with zero attached hydrogens (tertiary/aromatic N) is 3. The third kappa shape index (κ3) is 7.04. The van der Waals surface area contributed by atoms with E-state index in [1.54, 1.807) is 18.5 Å². The van der Waals surface area contributed by atoms with Crippen LogP contribution in [-0.4, -0.2) is 51.3 Å². The van der Waals surface area contributed by atoms with E-state index in [1.807, 2.05) is 13.0 Å². The molecule has 196 valence electrons. The number of H-pyrrole nitrogens is 1. The van der Waals surface area contributed by atoms with Crippen LogP contribution in [0, 0.1) is 6.92 Å². The number of allylic oxidation sites excluding steroid dienone is 2. The minimum absolute atomic E-state index is 0.0711. The molecule has 0 aromatic carbocycles. The van der Waals surface area contributed by atoms with Crippen LogP contribution in [0.3, 0.4) is 0 Å². The second kappa shape index (κ2) is 12.6. The van der Waals surface area contributed by atoms with Crippen molar-refractivity contribution in [2.24, 2.45) is 0 Å². The standard InChI is InChI=1S/C29H38N6O2/c1-4-6-11-21(10-5-2)26-15-22-14-23(17-31-28(22)33-26)29(37)34-25-16-24(18-30-20(25)3)32-27(36)19-35-12-8-7-9-13-35/h10,14-18H,4-9,11-13,19H2,1-3H3,(H,31,33)(H,32,36)(H,34,37)/b21-10+. The Bertz CT molecular complexity index is 1270. The number of fused-ring (bicyclic) bond motifs is 1. The van der Waals surface area contributed by atoms with Crippen molar-refractivity contribution in [3.05, 3.63) is 53.6 Å². The second-order valence-corrected chi connectivity index (χ2v) is 9.78. The van der Waals surface area contributed by atoms with Crippen LogP contribution in [-0.2, 0) is 4.79 Å². The monoisotopic (exact) mass is 502 g/mol. The molecule has 3 aromatic heterocycles. The number of hydrogen-bond donors (Lipinski definition) is 3. The highest BCUT2D eigenvalue weighted by Crippen LogP contribution is 2.25. The zero-order valence-electron chi connectivity index (χ0n) is 22.2. The Morgan fingerprint density at radius 1 is 1.05 bits per heavy atom. The average molecular weight is 503 g/mol. The van der Waals surface area contributed by atoms with Crippen LogP contribution >= 0.6 is 0 Å². The quantitative estimate of drug-likeness (QED) is 0.319. The molecule has 1 aliphatic heterocycles. The van der Waals surface area contributed by atoms with Crippen molar-refractivity contribution >= 4 is 39.8 Å². The van der Waals surface area contributed by atoms with Gasteiger partial charge in [-0.2, -0.15) is 0 Å². The van der Waals surface area contributed by atoms with Crippen molar-refractivity contribution < 1.29 is 9.59 Å². The van der Waals surface area contributed by atoms with Crippen molar-refractivity contribution in [1.29, 1.82) is 0 Å². The number of amides is 2. The molecule has 3 N–H and O–H groups in total. The Balaban J connectivity index is 1.45. The Hall–Kier alpha value is -3.52. The van der Waals surface area contributed by atoms with Gasteiger partial charge in [-0.1, -0.05) is 32.8 Å². The number of rotatable bonds is 10. The highest BCUT2D eigenvalue weighted by atomic mass is 16.2. The Morgan fingerprint density at radius 3 is 2.62 bits per heavy atom. The summed E-state index contributed by atoms with van der Waals surface area (Å²) in [6, 6.07) is 5.68. The molecule has 1 saturated heterocycles. The number of aryl methyl sites for hydroxylation is 1. The van der Waals surface area contributed by atoms with Crippen LogP contribution < -0.4 is 10.6 Å². The molecule has 0 unspecified atom stereocenters. The van der Waals surface area contributed by atoms with E-state index in [9.17, 15) is 9.59 Å². The molecule has 37 heavy (non-hydrogen) atoms. The van der Waals surface area contributed by atoms with Crippen molar-refractivity contribution in [3.63, 3.8) is 0 Å². The van der Waals surface area contributed by atoms with Gasteiger partial charge in [-0.15, -0.1) is 0 Å². The Kier molecular flexibility index (Phi) is 9.06. The molecule has 4 rings (SSSR count). The van der Waals surface area contributed by atoms with E-state index in [1.165, 1.54) is 12.0 Å².